The van der Waals surface area contributed by atoms with Crippen molar-refractivity contribution in [2.75, 3.05) is 13.2 Å². The third-order valence-electron chi connectivity index (χ3n) is 2.74. The van der Waals surface area contributed by atoms with Crippen molar-refractivity contribution in [1.29, 1.82) is 0 Å². The fourth-order valence-corrected chi connectivity index (χ4v) is 2.27. The first-order valence-electron chi connectivity index (χ1n) is 6.91. The van der Waals surface area contributed by atoms with Gasteiger partial charge in [-0.1, -0.05) is 26.7 Å². The van der Waals surface area contributed by atoms with Crippen LogP contribution in [0, 0.1) is 0 Å². The van der Waals surface area contributed by atoms with Crippen LogP contribution in [0.2, 0.25) is 0 Å². The maximum Gasteiger partial charge on any atom is 0.241 e. The molecule has 0 spiro atoms. The molecular formula is C14H23NO4S. The van der Waals surface area contributed by atoms with Crippen LogP contribution >= 0.6 is 0 Å². The number of hydrogen-bond acceptors (Lipinski definition) is 4. The molecule has 2 N–H and O–H groups in total. The number of unbranched alkanes of at least 4 members (excludes halogenated alkanes) is 2. The van der Waals surface area contributed by atoms with E-state index in [0.717, 1.165) is 25.7 Å². The molecule has 5 nitrogen and oxygen atoms in total. The number of nitrogens with two attached hydrogens (primary N) is 1. The zero-order valence-electron chi connectivity index (χ0n) is 12.1. The van der Waals surface area contributed by atoms with Gasteiger partial charge in [0, 0.05) is 6.07 Å². The van der Waals surface area contributed by atoms with E-state index in [1.54, 1.807) is 12.1 Å². The monoisotopic (exact) mass is 301 g/mol. The van der Waals surface area contributed by atoms with Gasteiger partial charge in [0.15, 0.2) is 0 Å². The van der Waals surface area contributed by atoms with E-state index in [2.05, 4.69) is 6.92 Å². The molecular weight excluding hydrogens is 278 g/mol. The lowest BCUT2D eigenvalue weighted by atomic mass is 10.3. The van der Waals surface area contributed by atoms with Crippen molar-refractivity contribution >= 4 is 10.0 Å². The lowest BCUT2D eigenvalue weighted by molar-refractivity contribution is 0.294. The highest BCUT2D eigenvalue weighted by atomic mass is 32.2. The highest BCUT2D eigenvalue weighted by molar-refractivity contribution is 7.89. The van der Waals surface area contributed by atoms with Crippen LogP contribution in [-0.2, 0) is 10.0 Å². The summed E-state index contributed by atoms with van der Waals surface area (Å²) in [7, 11) is -3.83. The molecule has 1 rings (SSSR count). The normalized spacial score (nSPS) is 11.3. The molecule has 0 saturated carbocycles. The molecule has 0 unspecified atom stereocenters. The Labute approximate surface area is 121 Å². The standard InChI is InChI=1S/C14H23NO4S/c1-3-5-9-18-12-7-8-13(19-10-6-4-2)14(11-12)20(15,16)17/h7-8,11H,3-6,9-10H2,1-2H3,(H2,15,16,17). The first kappa shape index (κ1) is 16.8. The van der Waals surface area contributed by atoms with Gasteiger partial charge in [-0.15, -0.1) is 0 Å². The van der Waals surface area contributed by atoms with Gasteiger partial charge < -0.3 is 9.47 Å². The second-order valence-electron chi connectivity index (χ2n) is 4.56. The molecule has 0 aliphatic heterocycles. The fraction of sp³-hybridized carbons (Fsp3) is 0.571. The van der Waals surface area contributed by atoms with Crippen molar-refractivity contribution in [1.82, 2.24) is 0 Å². The van der Waals surface area contributed by atoms with E-state index in [9.17, 15) is 8.42 Å². The topological polar surface area (TPSA) is 78.6 Å². The first-order chi connectivity index (χ1) is 9.49. The maximum absolute atomic E-state index is 11.6. The van der Waals surface area contributed by atoms with Gasteiger partial charge in [-0.25, -0.2) is 13.6 Å². The molecule has 1 aromatic rings. The zero-order valence-corrected chi connectivity index (χ0v) is 12.9. The predicted octanol–water partition coefficient (Wildman–Crippen LogP) is 2.69. The minimum atomic E-state index is -3.83. The van der Waals surface area contributed by atoms with Crippen LogP contribution < -0.4 is 14.6 Å². The van der Waals surface area contributed by atoms with Gasteiger partial charge in [-0.05, 0) is 25.0 Å². The van der Waals surface area contributed by atoms with E-state index in [0.29, 0.717) is 19.0 Å². The summed E-state index contributed by atoms with van der Waals surface area (Å²) in [5.74, 6) is 0.772. The average Bonchev–Trinajstić information content (AvgIpc) is 2.39. The molecule has 1 aromatic carbocycles. The number of primary sulfonamides is 1. The highest BCUT2D eigenvalue weighted by Gasteiger charge is 2.16. The number of hydrogen-bond donors (Lipinski definition) is 1. The molecule has 6 heteroatoms. The van der Waals surface area contributed by atoms with Crippen LogP contribution in [0.3, 0.4) is 0 Å². The molecule has 0 fully saturated rings. The number of ether oxygens (including phenoxy) is 2. The van der Waals surface area contributed by atoms with Gasteiger partial charge in [-0.3, -0.25) is 0 Å². The molecule has 0 aliphatic rings. The SMILES string of the molecule is CCCCOc1ccc(OCCCC)c(S(N)(=O)=O)c1. The Balaban J connectivity index is 2.89. The zero-order chi connectivity index (χ0) is 15.0. The van der Waals surface area contributed by atoms with Gasteiger partial charge in [-0.2, -0.15) is 0 Å². The summed E-state index contributed by atoms with van der Waals surface area (Å²) in [5, 5.41) is 5.22. The van der Waals surface area contributed by atoms with Gasteiger partial charge >= 0.3 is 0 Å². The van der Waals surface area contributed by atoms with Gasteiger partial charge in [0.2, 0.25) is 10.0 Å². The molecule has 0 aliphatic carbocycles. The molecule has 0 saturated heterocycles. The maximum atomic E-state index is 11.6. The summed E-state index contributed by atoms with van der Waals surface area (Å²) in [6.07, 6.45) is 3.77. The fourth-order valence-electron chi connectivity index (χ4n) is 1.58. The van der Waals surface area contributed by atoms with Crippen LogP contribution in [0.15, 0.2) is 23.1 Å². The summed E-state index contributed by atoms with van der Waals surface area (Å²) < 4.78 is 34.2. The molecule has 114 valence electrons. The molecule has 0 atom stereocenters. The Morgan fingerprint density at radius 3 is 2.20 bits per heavy atom. The van der Waals surface area contributed by atoms with Crippen LogP contribution in [0.1, 0.15) is 39.5 Å². The summed E-state index contributed by atoms with van der Waals surface area (Å²) in [5.41, 5.74) is 0. The van der Waals surface area contributed by atoms with Gasteiger partial charge in [0.25, 0.3) is 0 Å². The van der Waals surface area contributed by atoms with Crippen molar-refractivity contribution in [3.63, 3.8) is 0 Å². The molecule has 0 aromatic heterocycles. The quantitative estimate of drug-likeness (QED) is 0.711. The summed E-state index contributed by atoms with van der Waals surface area (Å²) >= 11 is 0. The Hall–Kier alpha value is -1.27. The average molecular weight is 301 g/mol. The molecule has 0 heterocycles. The second-order valence-corrected chi connectivity index (χ2v) is 6.09. The Kier molecular flexibility index (Phi) is 6.81. The first-order valence-corrected chi connectivity index (χ1v) is 8.46. The Bertz CT molecular complexity index is 514. The minimum Gasteiger partial charge on any atom is -0.494 e. The highest BCUT2D eigenvalue weighted by Crippen LogP contribution is 2.28. The van der Waals surface area contributed by atoms with Crippen LogP contribution in [-0.4, -0.2) is 21.6 Å². The number of sulfonamides is 1. The molecule has 20 heavy (non-hydrogen) atoms. The van der Waals surface area contributed by atoms with E-state index in [-0.39, 0.29) is 10.6 Å². The van der Waals surface area contributed by atoms with Gasteiger partial charge in [0.1, 0.15) is 16.4 Å². The van der Waals surface area contributed by atoms with E-state index in [1.165, 1.54) is 6.07 Å². The third kappa shape index (κ3) is 5.38. The lowest BCUT2D eigenvalue weighted by Crippen LogP contribution is -2.14. The van der Waals surface area contributed by atoms with Crippen molar-refractivity contribution in [2.45, 2.75) is 44.4 Å². The Morgan fingerprint density at radius 2 is 1.65 bits per heavy atom. The minimum absolute atomic E-state index is 0.0254. The van der Waals surface area contributed by atoms with Crippen molar-refractivity contribution in [2.24, 2.45) is 5.14 Å². The summed E-state index contributed by atoms with van der Waals surface area (Å²) in [6.45, 7) is 5.12. The predicted molar refractivity (Wildman–Crippen MR) is 78.6 cm³/mol. The number of benzene rings is 1. The summed E-state index contributed by atoms with van der Waals surface area (Å²) in [6, 6.07) is 4.72. The van der Waals surface area contributed by atoms with E-state index >= 15 is 0 Å². The van der Waals surface area contributed by atoms with E-state index in [4.69, 9.17) is 14.6 Å². The van der Waals surface area contributed by atoms with E-state index in [1.807, 2.05) is 6.92 Å². The number of rotatable bonds is 9. The van der Waals surface area contributed by atoms with Crippen LogP contribution in [0.4, 0.5) is 0 Å². The lowest BCUT2D eigenvalue weighted by Gasteiger charge is -2.12. The van der Waals surface area contributed by atoms with Crippen LogP contribution in [0.25, 0.3) is 0 Å². The Morgan fingerprint density at radius 1 is 1.05 bits per heavy atom. The molecule has 0 bridgehead atoms. The third-order valence-corrected chi connectivity index (χ3v) is 3.68. The van der Waals surface area contributed by atoms with Crippen LogP contribution in [0.5, 0.6) is 11.5 Å². The van der Waals surface area contributed by atoms with Crippen molar-refractivity contribution in [3.8, 4) is 11.5 Å². The van der Waals surface area contributed by atoms with Crippen molar-refractivity contribution < 1.29 is 17.9 Å². The smallest absolute Gasteiger partial charge is 0.241 e. The second kappa shape index (κ2) is 8.11. The molecule has 0 radical (unpaired) electrons. The largest absolute Gasteiger partial charge is 0.494 e. The van der Waals surface area contributed by atoms with E-state index < -0.39 is 10.0 Å². The molecule has 0 amide bonds. The van der Waals surface area contributed by atoms with Crippen molar-refractivity contribution in [3.05, 3.63) is 18.2 Å². The van der Waals surface area contributed by atoms with Gasteiger partial charge in [0.05, 0.1) is 13.2 Å². The summed E-state index contributed by atoms with van der Waals surface area (Å²) in [4.78, 5) is -0.0254.